The fraction of sp³-hybridized carbons (Fsp3) is 0.100. The molecule has 0 N–H and O–H groups in total. The molecule has 16 heavy (non-hydrogen) atoms. The van der Waals surface area contributed by atoms with Gasteiger partial charge >= 0.3 is 0 Å². The van der Waals surface area contributed by atoms with Gasteiger partial charge in [0.15, 0.2) is 11.5 Å². The number of nitrogens with zero attached hydrogens (tertiary/aromatic N) is 3. The van der Waals surface area contributed by atoms with Crippen molar-refractivity contribution in [2.75, 3.05) is 0 Å². The lowest BCUT2D eigenvalue weighted by Gasteiger charge is -2.04. The van der Waals surface area contributed by atoms with E-state index in [4.69, 9.17) is 0 Å². The molecule has 1 heterocycles. The third-order valence-corrected chi connectivity index (χ3v) is 2.13. The van der Waals surface area contributed by atoms with E-state index >= 15 is 0 Å². The highest BCUT2D eigenvalue weighted by atomic mass is 19.1. The first-order valence-electron chi connectivity index (χ1n) is 4.53. The quantitative estimate of drug-likeness (QED) is 0.577. The van der Waals surface area contributed by atoms with Crippen LogP contribution in [0.3, 0.4) is 0 Å². The Labute approximate surface area is 90.3 Å². The van der Waals surface area contributed by atoms with E-state index in [0.717, 1.165) is 0 Å². The maximum absolute atomic E-state index is 13.6. The van der Waals surface area contributed by atoms with Crippen LogP contribution in [0, 0.1) is 22.9 Å². The van der Waals surface area contributed by atoms with Crippen LogP contribution in [-0.2, 0) is 0 Å². The highest BCUT2D eigenvalue weighted by molar-refractivity contribution is 5.53. The molecule has 0 unspecified atom stereocenters. The van der Waals surface area contributed by atoms with Crippen LogP contribution in [0.15, 0.2) is 30.7 Å². The summed E-state index contributed by atoms with van der Waals surface area (Å²) in [5.74, 6) is -0.647. The molecule has 0 bridgehead atoms. The molecule has 0 aliphatic carbocycles. The van der Waals surface area contributed by atoms with Crippen LogP contribution in [0.4, 0.5) is 10.1 Å². The van der Waals surface area contributed by atoms with E-state index in [9.17, 15) is 14.5 Å². The maximum Gasteiger partial charge on any atom is 0.296 e. The number of aromatic nitrogens is 2. The highest BCUT2D eigenvalue weighted by Crippen LogP contribution is 2.25. The van der Waals surface area contributed by atoms with Gasteiger partial charge in [-0.2, -0.15) is 0 Å². The summed E-state index contributed by atoms with van der Waals surface area (Å²) in [7, 11) is 0. The number of aryl methyl sites for hydroxylation is 1. The second kappa shape index (κ2) is 3.73. The topological polar surface area (TPSA) is 61.0 Å². The minimum atomic E-state index is -0.647. The molecule has 0 atom stereocenters. The Kier molecular flexibility index (Phi) is 2.40. The largest absolute Gasteiger partial charge is 0.297 e. The van der Waals surface area contributed by atoms with Gasteiger partial charge in [0.05, 0.1) is 16.9 Å². The molecule has 2 aromatic rings. The standard InChI is InChI=1S/C10H8FN3O2/c1-7-5-13(6-12-7)10-8(11)3-2-4-9(10)14(15)16/h2-6H,1H3. The first-order chi connectivity index (χ1) is 7.59. The van der Waals surface area contributed by atoms with Crippen LogP contribution >= 0.6 is 0 Å². The number of hydrogen-bond donors (Lipinski definition) is 0. The molecule has 82 valence electrons. The van der Waals surface area contributed by atoms with E-state index in [-0.39, 0.29) is 11.4 Å². The minimum Gasteiger partial charge on any atom is -0.297 e. The van der Waals surface area contributed by atoms with Crippen LogP contribution < -0.4 is 0 Å². The lowest BCUT2D eigenvalue weighted by Crippen LogP contribution is -2.01. The molecule has 0 aliphatic heterocycles. The number of para-hydroxylation sites is 1. The van der Waals surface area contributed by atoms with Gasteiger partial charge in [0.1, 0.15) is 0 Å². The zero-order valence-electron chi connectivity index (χ0n) is 8.42. The maximum atomic E-state index is 13.6. The number of rotatable bonds is 2. The molecule has 6 heteroatoms. The van der Waals surface area contributed by atoms with Crippen LogP contribution in [0.1, 0.15) is 5.69 Å². The summed E-state index contributed by atoms with van der Waals surface area (Å²) in [5, 5.41) is 10.8. The average molecular weight is 221 g/mol. The summed E-state index contributed by atoms with van der Waals surface area (Å²) in [6.45, 7) is 1.73. The SMILES string of the molecule is Cc1cn(-c2c(F)cccc2[N+](=O)[O-])cn1. The van der Waals surface area contributed by atoms with Crippen molar-refractivity contribution < 1.29 is 9.31 Å². The van der Waals surface area contributed by atoms with Gasteiger partial charge < -0.3 is 0 Å². The van der Waals surface area contributed by atoms with Gasteiger partial charge in [0.25, 0.3) is 5.69 Å². The molecule has 0 saturated heterocycles. The molecular weight excluding hydrogens is 213 g/mol. The second-order valence-corrected chi connectivity index (χ2v) is 3.29. The summed E-state index contributed by atoms with van der Waals surface area (Å²) >= 11 is 0. The van der Waals surface area contributed by atoms with Crippen molar-refractivity contribution in [3.8, 4) is 5.69 Å². The smallest absolute Gasteiger partial charge is 0.296 e. The van der Waals surface area contributed by atoms with E-state index < -0.39 is 10.7 Å². The van der Waals surface area contributed by atoms with E-state index in [1.54, 1.807) is 6.92 Å². The Balaban J connectivity index is 2.67. The monoisotopic (exact) mass is 221 g/mol. The van der Waals surface area contributed by atoms with Gasteiger partial charge in [0, 0.05) is 12.3 Å². The zero-order chi connectivity index (χ0) is 11.7. The molecule has 5 nitrogen and oxygen atoms in total. The van der Waals surface area contributed by atoms with Crippen molar-refractivity contribution in [2.45, 2.75) is 6.92 Å². The predicted molar refractivity (Wildman–Crippen MR) is 54.9 cm³/mol. The molecule has 0 aliphatic rings. The summed E-state index contributed by atoms with van der Waals surface area (Å²) in [5.41, 5.74) is 0.294. The summed E-state index contributed by atoms with van der Waals surface area (Å²) in [6, 6.07) is 3.74. The van der Waals surface area contributed by atoms with Crippen LogP contribution in [0.2, 0.25) is 0 Å². The Morgan fingerprint density at radius 1 is 1.50 bits per heavy atom. The molecule has 0 radical (unpaired) electrons. The average Bonchev–Trinajstić information content (AvgIpc) is 2.64. The van der Waals surface area contributed by atoms with Crippen molar-refractivity contribution in [3.63, 3.8) is 0 Å². The fourth-order valence-electron chi connectivity index (χ4n) is 1.45. The van der Waals surface area contributed by atoms with E-state index in [0.29, 0.717) is 5.69 Å². The Hall–Kier alpha value is -2.24. The van der Waals surface area contributed by atoms with Crippen molar-refractivity contribution in [1.82, 2.24) is 9.55 Å². The first-order valence-corrected chi connectivity index (χ1v) is 4.53. The van der Waals surface area contributed by atoms with E-state index in [1.807, 2.05) is 0 Å². The molecular formula is C10H8FN3O2. The van der Waals surface area contributed by atoms with Crippen LogP contribution in [0.25, 0.3) is 5.69 Å². The van der Waals surface area contributed by atoms with Crippen molar-refractivity contribution in [2.24, 2.45) is 0 Å². The molecule has 2 rings (SSSR count). The molecule has 0 saturated carbocycles. The van der Waals surface area contributed by atoms with Crippen molar-refractivity contribution in [3.05, 3.63) is 52.3 Å². The van der Waals surface area contributed by atoms with E-state index in [2.05, 4.69) is 4.98 Å². The second-order valence-electron chi connectivity index (χ2n) is 3.29. The van der Waals surface area contributed by atoms with Gasteiger partial charge in [-0.05, 0) is 13.0 Å². The van der Waals surface area contributed by atoms with Gasteiger partial charge in [-0.3, -0.25) is 14.7 Å². The minimum absolute atomic E-state index is 0.0897. The predicted octanol–water partition coefficient (Wildman–Crippen LogP) is 2.23. The molecule has 0 spiro atoms. The Morgan fingerprint density at radius 3 is 2.81 bits per heavy atom. The van der Waals surface area contributed by atoms with Crippen LogP contribution in [-0.4, -0.2) is 14.5 Å². The molecule has 0 amide bonds. The normalized spacial score (nSPS) is 10.4. The van der Waals surface area contributed by atoms with Gasteiger partial charge in [-0.25, -0.2) is 9.37 Å². The number of nitro groups is 1. The third-order valence-electron chi connectivity index (χ3n) is 2.13. The first kappa shape index (κ1) is 10.3. The molecule has 1 aromatic heterocycles. The summed E-state index contributed by atoms with van der Waals surface area (Å²) < 4.78 is 14.9. The number of hydrogen-bond acceptors (Lipinski definition) is 3. The summed E-state index contributed by atoms with van der Waals surface area (Å²) in [6.07, 6.45) is 2.88. The number of imidazole rings is 1. The van der Waals surface area contributed by atoms with Gasteiger partial charge in [-0.15, -0.1) is 0 Å². The number of nitro benzene ring substituents is 1. The van der Waals surface area contributed by atoms with Gasteiger partial charge in [-0.1, -0.05) is 6.07 Å². The lowest BCUT2D eigenvalue weighted by atomic mass is 10.2. The fourth-order valence-corrected chi connectivity index (χ4v) is 1.45. The Morgan fingerprint density at radius 2 is 2.25 bits per heavy atom. The Bertz CT molecular complexity index is 551. The van der Waals surface area contributed by atoms with Crippen LogP contribution in [0.5, 0.6) is 0 Å². The number of halogens is 1. The lowest BCUT2D eigenvalue weighted by molar-refractivity contribution is -0.384. The zero-order valence-corrected chi connectivity index (χ0v) is 8.42. The van der Waals surface area contributed by atoms with Crippen molar-refractivity contribution in [1.29, 1.82) is 0 Å². The highest BCUT2D eigenvalue weighted by Gasteiger charge is 2.19. The molecule has 0 fully saturated rings. The van der Waals surface area contributed by atoms with E-state index in [1.165, 1.54) is 35.3 Å². The van der Waals surface area contributed by atoms with Gasteiger partial charge in [0.2, 0.25) is 0 Å². The third kappa shape index (κ3) is 1.65. The number of benzene rings is 1. The summed E-state index contributed by atoms with van der Waals surface area (Å²) in [4.78, 5) is 14.1. The molecule has 1 aromatic carbocycles. The van der Waals surface area contributed by atoms with Crippen molar-refractivity contribution >= 4 is 5.69 Å².